The maximum absolute atomic E-state index is 13.0. The van der Waals surface area contributed by atoms with Gasteiger partial charge in [-0.3, -0.25) is 14.5 Å². The van der Waals surface area contributed by atoms with E-state index in [0.29, 0.717) is 37.6 Å². The van der Waals surface area contributed by atoms with Gasteiger partial charge in [0, 0.05) is 38.4 Å². The molecule has 0 atom stereocenters. The van der Waals surface area contributed by atoms with Gasteiger partial charge in [-0.15, -0.1) is 0 Å². The zero-order chi connectivity index (χ0) is 22.5. The molecule has 4 rings (SSSR count). The third kappa shape index (κ3) is 5.28. The second kappa shape index (κ2) is 10.1. The quantitative estimate of drug-likeness (QED) is 0.555. The van der Waals surface area contributed by atoms with E-state index in [0.717, 1.165) is 22.7 Å². The van der Waals surface area contributed by atoms with Crippen molar-refractivity contribution in [1.29, 1.82) is 0 Å². The van der Waals surface area contributed by atoms with E-state index in [1.165, 1.54) is 36.0 Å². The molecule has 1 aliphatic rings. The van der Waals surface area contributed by atoms with Gasteiger partial charge in [0.2, 0.25) is 11.8 Å². The molecule has 0 bridgehead atoms. The van der Waals surface area contributed by atoms with Crippen LogP contribution in [0, 0.1) is 5.82 Å². The number of piperazine rings is 1. The first-order chi connectivity index (χ1) is 15.5. The average Bonchev–Trinajstić information content (AvgIpc) is 3.17. The van der Waals surface area contributed by atoms with Gasteiger partial charge in [-0.1, -0.05) is 23.9 Å². The Bertz CT molecular complexity index is 1090. The topological polar surface area (TPSA) is 70.5 Å². The first-order valence-electron chi connectivity index (χ1n) is 10.7. The van der Waals surface area contributed by atoms with Crippen LogP contribution in [0.25, 0.3) is 11.0 Å². The fourth-order valence-electron chi connectivity index (χ4n) is 3.78. The molecule has 0 unspecified atom stereocenters. The van der Waals surface area contributed by atoms with E-state index >= 15 is 0 Å². The molecule has 1 N–H and O–H groups in total. The van der Waals surface area contributed by atoms with E-state index in [2.05, 4.69) is 21.8 Å². The molecule has 1 fully saturated rings. The molecular weight excluding hydrogens is 429 g/mol. The number of anilines is 1. The number of halogens is 1. The van der Waals surface area contributed by atoms with Crippen molar-refractivity contribution in [3.8, 4) is 0 Å². The fourth-order valence-corrected chi connectivity index (χ4v) is 4.76. The Kier molecular flexibility index (Phi) is 7.06. The number of nitrogens with zero attached hydrogens (tertiary/aromatic N) is 4. The van der Waals surface area contributed by atoms with Crippen LogP contribution < -0.4 is 5.32 Å². The molecule has 0 radical (unpaired) electrons. The minimum atomic E-state index is -0.339. The number of carbonyl (C=O) groups is 2. The van der Waals surface area contributed by atoms with Crippen molar-refractivity contribution in [1.82, 2.24) is 19.4 Å². The van der Waals surface area contributed by atoms with E-state index in [9.17, 15) is 14.0 Å². The molecule has 2 aromatic carbocycles. The van der Waals surface area contributed by atoms with Crippen molar-refractivity contribution >= 4 is 40.3 Å². The van der Waals surface area contributed by atoms with Crippen LogP contribution in [0.4, 0.5) is 10.1 Å². The van der Waals surface area contributed by atoms with Gasteiger partial charge in [-0.2, -0.15) is 0 Å². The SMILES string of the molecule is CCn1c(SCC(=O)N2CCN(CC(=O)Nc3ccc(F)cc3)CC2)nc2ccccc21. The zero-order valence-corrected chi connectivity index (χ0v) is 18.8. The lowest BCUT2D eigenvalue weighted by Gasteiger charge is -2.34. The van der Waals surface area contributed by atoms with Crippen LogP contribution in [0.2, 0.25) is 0 Å². The number of nitrogens with one attached hydrogen (secondary N) is 1. The summed E-state index contributed by atoms with van der Waals surface area (Å²) in [6.45, 7) is 5.58. The third-order valence-electron chi connectivity index (χ3n) is 5.48. The highest BCUT2D eigenvalue weighted by Gasteiger charge is 2.23. The van der Waals surface area contributed by atoms with Crippen LogP contribution in [0.1, 0.15) is 6.92 Å². The number of carbonyl (C=O) groups excluding carboxylic acids is 2. The van der Waals surface area contributed by atoms with Crippen LogP contribution in [-0.2, 0) is 16.1 Å². The summed E-state index contributed by atoms with van der Waals surface area (Å²) in [4.78, 5) is 33.5. The number of fused-ring (bicyclic) bond motifs is 1. The Hall–Kier alpha value is -2.91. The van der Waals surface area contributed by atoms with Gasteiger partial charge in [0.05, 0.1) is 23.3 Å². The first kappa shape index (κ1) is 22.3. The smallest absolute Gasteiger partial charge is 0.238 e. The summed E-state index contributed by atoms with van der Waals surface area (Å²) < 4.78 is 15.1. The lowest BCUT2D eigenvalue weighted by Crippen LogP contribution is -2.50. The van der Waals surface area contributed by atoms with Crippen LogP contribution >= 0.6 is 11.8 Å². The normalized spacial score (nSPS) is 14.6. The van der Waals surface area contributed by atoms with E-state index in [1.807, 2.05) is 34.1 Å². The average molecular weight is 456 g/mol. The Morgan fingerprint density at radius 2 is 1.78 bits per heavy atom. The van der Waals surface area contributed by atoms with E-state index in [-0.39, 0.29) is 24.2 Å². The Morgan fingerprint density at radius 1 is 1.06 bits per heavy atom. The second-order valence-corrected chi connectivity index (χ2v) is 8.57. The summed E-state index contributed by atoms with van der Waals surface area (Å²) in [7, 11) is 0. The van der Waals surface area contributed by atoms with E-state index < -0.39 is 0 Å². The molecule has 3 aromatic rings. The summed E-state index contributed by atoms with van der Waals surface area (Å²) in [5.41, 5.74) is 2.59. The summed E-state index contributed by atoms with van der Waals surface area (Å²) >= 11 is 1.47. The number of hydrogen-bond donors (Lipinski definition) is 1. The highest BCUT2D eigenvalue weighted by atomic mass is 32.2. The maximum atomic E-state index is 13.0. The van der Waals surface area contributed by atoms with Gasteiger partial charge in [-0.05, 0) is 43.3 Å². The number of aryl methyl sites for hydroxylation is 1. The lowest BCUT2D eigenvalue weighted by molar-refractivity contribution is -0.130. The van der Waals surface area contributed by atoms with Crippen LogP contribution in [-0.4, -0.2) is 69.6 Å². The van der Waals surface area contributed by atoms with Crippen LogP contribution in [0.15, 0.2) is 53.7 Å². The summed E-state index contributed by atoms with van der Waals surface area (Å²) in [6.07, 6.45) is 0. The molecule has 0 aliphatic carbocycles. The van der Waals surface area contributed by atoms with E-state index in [4.69, 9.17) is 0 Å². The number of amides is 2. The molecule has 1 aromatic heterocycles. The van der Waals surface area contributed by atoms with Gasteiger partial charge in [0.15, 0.2) is 5.16 Å². The Balaban J connectivity index is 1.24. The lowest BCUT2D eigenvalue weighted by atomic mass is 10.3. The van der Waals surface area contributed by atoms with Gasteiger partial charge >= 0.3 is 0 Å². The fraction of sp³-hybridized carbons (Fsp3) is 0.348. The third-order valence-corrected chi connectivity index (χ3v) is 6.44. The number of hydrogen-bond acceptors (Lipinski definition) is 5. The number of aromatic nitrogens is 2. The number of benzene rings is 2. The Morgan fingerprint density at radius 3 is 2.50 bits per heavy atom. The molecule has 1 saturated heterocycles. The summed E-state index contributed by atoms with van der Waals surface area (Å²) in [5.74, 6) is -0.0617. The van der Waals surface area contributed by atoms with Crippen molar-refractivity contribution < 1.29 is 14.0 Å². The van der Waals surface area contributed by atoms with Gasteiger partial charge in [0.25, 0.3) is 0 Å². The van der Waals surface area contributed by atoms with Crippen molar-refractivity contribution in [3.63, 3.8) is 0 Å². The molecule has 168 valence electrons. The summed E-state index contributed by atoms with van der Waals surface area (Å²) in [5, 5.41) is 3.63. The largest absolute Gasteiger partial charge is 0.339 e. The number of imidazole rings is 1. The second-order valence-electron chi connectivity index (χ2n) is 7.63. The molecule has 7 nitrogen and oxygen atoms in total. The maximum Gasteiger partial charge on any atom is 0.238 e. The minimum absolute atomic E-state index is 0.0834. The summed E-state index contributed by atoms with van der Waals surface area (Å²) in [6, 6.07) is 13.7. The van der Waals surface area contributed by atoms with Crippen molar-refractivity contribution in [2.45, 2.75) is 18.6 Å². The standard InChI is InChI=1S/C23H26FN5O2S/c1-2-29-20-6-4-3-5-19(20)26-23(29)32-16-22(31)28-13-11-27(12-14-28)15-21(30)25-18-9-7-17(24)8-10-18/h3-10H,2,11-16H2,1H3,(H,25,30). The minimum Gasteiger partial charge on any atom is -0.339 e. The van der Waals surface area contributed by atoms with Gasteiger partial charge in [-0.25, -0.2) is 9.37 Å². The van der Waals surface area contributed by atoms with Crippen molar-refractivity contribution in [2.24, 2.45) is 0 Å². The highest BCUT2D eigenvalue weighted by molar-refractivity contribution is 7.99. The molecule has 0 saturated carbocycles. The Labute approximate surface area is 190 Å². The molecular formula is C23H26FN5O2S. The highest BCUT2D eigenvalue weighted by Crippen LogP contribution is 2.24. The molecule has 1 aliphatic heterocycles. The van der Waals surface area contributed by atoms with Gasteiger partial charge in [0.1, 0.15) is 5.82 Å². The molecule has 9 heteroatoms. The molecule has 0 spiro atoms. The zero-order valence-electron chi connectivity index (χ0n) is 18.0. The monoisotopic (exact) mass is 455 g/mol. The predicted molar refractivity (Wildman–Crippen MR) is 124 cm³/mol. The molecule has 2 amide bonds. The molecule has 32 heavy (non-hydrogen) atoms. The number of rotatable bonds is 7. The van der Waals surface area contributed by atoms with Crippen molar-refractivity contribution in [2.75, 3.05) is 43.8 Å². The van der Waals surface area contributed by atoms with Crippen LogP contribution in [0.5, 0.6) is 0 Å². The van der Waals surface area contributed by atoms with Gasteiger partial charge < -0.3 is 14.8 Å². The first-order valence-corrected chi connectivity index (χ1v) is 11.7. The van der Waals surface area contributed by atoms with Crippen molar-refractivity contribution in [3.05, 3.63) is 54.3 Å². The van der Waals surface area contributed by atoms with Crippen LogP contribution in [0.3, 0.4) is 0 Å². The predicted octanol–water partition coefficient (Wildman–Crippen LogP) is 3.07. The number of para-hydroxylation sites is 2. The van der Waals surface area contributed by atoms with E-state index in [1.54, 1.807) is 0 Å². The molecule has 2 heterocycles. The number of thioether (sulfide) groups is 1.